The van der Waals surface area contributed by atoms with Crippen LogP contribution in [0.25, 0.3) is 0 Å². The maximum Gasteiger partial charge on any atom is 0.171 e. The van der Waals surface area contributed by atoms with Crippen molar-refractivity contribution in [2.75, 3.05) is 18.5 Å². The van der Waals surface area contributed by atoms with Gasteiger partial charge in [-0.15, -0.1) is 0 Å². The smallest absolute Gasteiger partial charge is 0.171 e. The molecule has 0 atom stereocenters. The Morgan fingerprint density at radius 3 is 2.75 bits per heavy atom. The molecule has 1 rings (SSSR count). The quantitative estimate of drug-likeness (QED) is 0.836. The lowest BCUT2D eigenvalue weighted by molar-refractivity contribution is 0.275. The Morgan fingerprint density at radius 2 is 2.19 bits per heavy atom. The van der Waals surface area contributed by atoms with Gasteiger partial charge >= 0.3 is 0 Å². The summed E-state index contributed by atoms with van der Waals surface area (Å²) in [5, 5.41) is 8.96. The van der Waals surface area contributed by atoms with Gasteiger partial charge in [0.2, 0.25) is 0 Å². The molecule has 0 saturated carbocycles. The minimum absolute atomic E-state index is 0.292. The van der Waals surface area contributed by atoms with Gasteiger partial charge in [-0.3, -0.25) is 0 Å². The van der Waals surface area contributed by atoms with Gasteiger partial charge in [-0.1, -0.05) is 13.8 Å². The zero-order valence-corrected chi connectivity index (χ0v) is 10.1. The van der Waals surface area contributed by atoms with Crippen LogP contribution in [-0.2, 0) is 6.61 Å². The van der Waals surface area contributed by atoms with Gasteiger partial charge < -0.3 is 10.0 Å². The van der Waals surface area contributed by atoms with Gasteiger partial charge in [-0.2, -0.15) is 0 Å². The topological polar surface area (TPSA) is 36.4 Å². The van der Waals surface area contributed by atoms with Crippen molar-refractivity contribution in [1.29, 1.82) is 0 Å². The molecule has 0 amide bonds. The first-order valence-corrected chi connectivity index (χ1v) is 5.51. The van der Waals surface area contributed by atoms with E-state index >= 15 is 0 Å². The summed E-state index contributed by atoms with van der Waals surface area (Å²) in [6.07, 6.45) is 2.51. The van der Waals surface area contributed by atoms with Gasteiger partial charge in [0.15, 0.2) is 11.6 Å². The van der Waals surface area contributed by atoms with E-state index in [1.165, 1.54) is 12.3 Å². The molecule has 4 heteroatoms. The molecule has 0 saturated heterocycles. The second kappa shape index (κ2) is 5.80. The molecular formula is C12H19FN2O. The average molecular weight is 226 g/mol. The Kier molecular flexibility index (Phi) is 4.68. The molecule has 90 valence electrons. The van der Waals surface area contributed by atoms with Crippen molar-refractivity contribution in [1.82, 2.24) is 4.98 Å². The minimum atomic E-state index is -0.420. The van der Waals surface area contributed by atoms with Crippen molar-refractivity contribution in [3.05, 3.63) is 23.6 Å². The highest BCUT2D eigenvalue weighted by molar-refractivity contribution is 5.41. The van der Waals surface area contributed by atoms with Crippen LogP contribution in [0.1, 0.15) is 25.8 Å². The molecular weight excluding hydrogens is 207 g/mol. The van der Waals surface area contributed by atoms with Crippen molar-refractivity contribution in [3.8, 4) is 0 Å². The molecule has 16 heavy (non-hydrogen) atoms. The summed E-state index contributed by atoms with van der Waals surface area (Å²) in [6, 6.07) is 1.50. The van der Waals surface area contributed by atoms with Crippen molar-refractivity contribution in [3.63, 3.8) is 0 Å². The fourth-order valence-corrected chi connectivity index (χ4v) is 1.42. The van der Waals surface area contributed by atoms with Crippen LogP contribution in [0.3, 0.4) is 0 Å². The van der Waals surface area contributed by atoms with E-state index in [1.807, 2.05) is 7.05 Å². The van der Waals surface area contributed by atoms with Crippen molar-refractivity contribution in [2.45, 2.75) is 26.9 Å². The second-order valence-corrected chi connectivity index (χ2v) is 4.37. The largest absolute Gasteiger partial charge is 0.392 e. The van der Waals surface area contributed by atoms with Crippen LogP contribution in [0.4, 0.5) is 10.2 Å². The molecule has 1 heterocycles. The fourth-order valence-electron chi connectivity index (χ4n) is 1.42. The molecule has 0 aliphatic carbocycles. The molecule has 0 aliphatic rings. The van der Waals surface area contributed by atoms with E-state index in [0.717, 1.165) is 13.0 Å². The Morgan fingerprint density at radius 1 is 1.50 bits per heavy atom. The van der Waals surface area contributed by atoms with E-state index in [4.69, 9.17) is 5.11 Å². The zero-order valence-electron chi connectivity index (χ0n) is 10.1. The maximum atomic E-state index is 13.8. The summed E-state index contributed by atoms with van der Waals surface area (Å²) in [6.45, 7) is 4.72. The lowest BCUT2D eigenvalue weighted by Crippen LogP contribution is -2.22. The molecule has 1 aromatic heterocycles. The van der Waals surface area contributed by atoms with Gasteiger partial charge in [0.05, 0.1) is 6.61 Å². The number of aromatic nitrogens is 1. The maximum absolute atomic E-state index is 13.8. The number of nitrogens with zero attached hydrogens (tertiary/aromatic N) is 2. The predicted octanol–water partition coefficient (Wildman–Crippen LogP) is 2.20. The summed E-state index contributed by atoms with van der Waals surface area (Å²) >= 11 is 0. The normalized spacial score (nSPS) is 10.9. The number of aliphatic hydroxyl groups excluding tert-OH is 1. The van der Waals surface area contributed by atoms with E-state index in [2.05, 4.69) is 18.8 Å². The van der Waals surface area contributed by atoms with Gasteiger partial charge in [0.25, 0.3) is 0 Å². The average Bonchev–Trinajstić information content (AvgIpc) is 2.26. The van der Waals surface area contributed by atoms with Crippen LogP contribution in [0, 0.1) is 11.7 Å². The third kappa shape index (κ3) is 3.17. The first-order chi connectivity index (χ1) is 7.56. The number of hydrogen-bond donors (Lipinski definition) is 1. The number of aliphatic hydroxyl groups is 1. The number of rotatable bonds is 5. The van der Waals surface area contributed by atoms with Crippen LogP contribution >= 0.6 is 0 Å². The van der Waals surface area contributed by atoms with Crippen LogP contribution < -0.4 is 4.90 Å². The van der Waals surface area contributed by atoms with Gasteiger partial charge in [-0.25, -0.2) is 9.37 Å². The molecule has 0 bridgehead atoms. The highest BCUT2D eigenvalue weighted by Gasteiger charge is 2.12. The number of pyridine rings is 1. The first kappa shape index (κ1) is 12.9. The fraction of sp³-hybridized carbons (Fsp3) is 0.583. The molecule has 0 unspecified atom stereocenters. The second-order valence-electron chi connectivity index (χ2n) is 4.37. The zero-order chi connectivity index (χ0) is 12.1. The predicted molar refractivity (Wildman–Crippen MR) is 62.8 cm³/mol. The first-order valence-electron chi connectivity index (χ1n) is 5.51. The van der Waals surface area contributed by atoms with Crippen LogP contribution in [0.5, 0.6) is 0 Å². The molecule has 0 aliphatic heterocycles. The van der Waals surface area contributed by atoms with E-state index in [1.54, 1.807) is 4.90 Å². The SMILES string of the molecule is CC(C)CCN(C)c1nccc(CO)c1F. The number of hydrogen-bond acceptors (Lipinski definition) is 3. The Labute approximate surface area is 95.9 Å². The van der Waals surface area contributed by atoms with Crippen molar-refractivity contribution < 1.29 is 9.50 Å². The van der Waals surface area contributed by atoms with Gasteiger partial charge in [0.1, 0.15) is 0 Å². The van der Waals surface area contributed by atoms with Crippen LogP contribution in [-0.4, -0.2) is 23.7 Å². The lowest BCUT2D eigenvalue weighted by atomic mass is 10.1. The third-order valence-corrected chi connectivity index (χ3v) is 2.52. The molecule has 3 nitrogen and oxygen atoms in total. The molecule has 0 aromatic carbocycles. The van der Waals surface area contributed by atoms with Gasteiger partial charge in [0, 0.05) is 25.4 Å². The molecule has 0 radical (unpaired) electrons. The van der Waals surface area contributed by atoms with Crippen molar-refractivity contribution in [2.24, 2.45) is 5.92 Å². The standard InChI is InChI=1S/C12H19FN2O/c1-9(2)5-7-15(3)12-11(13)10(8-16)4-6-14-12/h4,6,9,16H,5,7-8H2,1-3H3. The van der Waals surface area contributed by atoms with E-state index in [9.17, 15) is 4.39 Å². The van der Waals surface area contributed by atoms with Crippen LogP contribution in [0.2, 0.25) is 0 Å². The molecule has 0 fully saturated rings. The highest BCUT2D eigenvalue weighted by Crippen LogP contribution is 2.19. The van der Waals surface area contributed by atoms with Crippen molar-refractivity contribution >= 4 is 5.82 Å². The Balaban J connectivity index is 2.78. The van der Waals surface area contributed by atoms with E-state index in [-0.39, 0.29) is 6.61 Å². The summed E-state index contributed by atoms with van der Waals surface area (Å²) < 4.78 is 13.8. The summed E-state index contributed by atoms with van der Waals surface area (Å²) in [4.78, 5) is 5.79. The summed E-state index contributed by atoms with van der Waals surface area (Å²) in [7, 11) is 1.81. The lowest BCUT2D eigenvalue weighted by Gasteiger charge is -2.20. The van der Waals surface area contributed by atoms with E-state index in [0.29, 0.717) is 17.3 Å². The number of halogens is 1. The van der Waals surface area contributed by atoms with Crippen LogP contribution in [0.15, 0.2) is 12.3 Å². The molecule has 1 aromatic rings. The Bertz CT molecular complexity index is 342. The molecule has 0 spiro atoms. The Hall–Kier alpha value is -1.16. The summed E-state index contributed by atoms with van der Waals surface area (Å²) in [5.74, 6) is 0.468. The molecule has 1 N–H and O–H groups in total. The third-order valence-electron chi connectivity index (χ3n) is 2.52. The monoisotopic (exact) mass is 226 g/mol. The van der Waals surface area contributed by atoms with Gasteiger partial charge in [-0.05, 0) is 18.4 Å². The highest BCUT2D eigenvalue weighted by atomic mass is 19.1. The number of anilines is 1. The minimum Gasteiger partial charge on any atom is -0.392 e. The summed E-state index contributed by atoms with van der Waals surface area (Å²) in [5.41, 5.74) is 0.293. The van der Waals surface area contributed by atoms with E-state index < -0.39 is 5.82 Å².